The normalized spacial score (nSPS) is 18.8. The van der Waals surface area contributed by atoms with Crippen LogP contribution in [0.4, 0.5) is 4.79 Å². The van der Waals surface area contributed by atoms with Crippen LogP contribution in [0.3, 0.4) is 0 Å². The van der Waals surface area contributed by atoms with Crippen molar-refractivity contribution in [3.63, 3.8) is 0 Å². The largest absolute Gasteiger partial charge is 0.340 e. The SMILES string of the molecule is Cc1ccc(C2(C)NC(=O)N(CC(=O)N(C)Cc3ccc(C(C)(C)C)cc3)C2=O)cc1. The average Bonchev–Trinajstić information content (AvgIpc) is 2.92. The molecule has 0 spiro atoms. The number of carbonyl (C=O) groups is 3. The first-order valence-corrected chi connectivity index (χ1v) is 10.5. The van der Waals surface area contributed by atoms with Crippen LogP contribution in [0.15, 0.2) is 48.5 Å². The Bertz CT molecular complexity index is 990. The average molecular weight is 422 g/mol. The summed E-state index contributed by atoms with van der Waals surface area (Å²) in [6.45, 7) is 10.2. The lowest BCUT2D eigenvalue weighted by molar-refractivity contribution is -0.138. The molecule has 2 aromatic rings. The number of amides is 4. The van der Waals surface area contributed by atoms with Crippen LogP contribution >= 0.6 is 0 Å². The van der Waals surface area contributed by atoms with Crippen LogP contribution in [0, 0.1) is 6.92 Å². The molecular formula is C25H31N3O3. The van der Waals surface area contributed by atoms with Gasteiger partial charge in [-0.05, 0) is 36.0 Å². The molecule has 2 aromatic carbocycles. The zero-order valence-corrected chi connectivity index (χ0v) is 19.2. The van der Waals surface area contributed by atoms with Crippen LogP contribution in [-0.4, -0.2) is 41.2 Å². The van der Waals surface area contributed by atoms with Gasteiger partial charge < -0.3 is 10.2 Å². The Kier molecular flexibility index (Phi) is 5.94. The molecule has 4 amide bonds. The standard InChI is InChI=1S/C25H31N3O3/c1-17-7-11-20(12-8-17)25(5)22(30)28(23(31)26-25)16-21(29)27(6)15-18-9-13-19(14-10-18)24(2,3)4/h7-14H,15-16H2,1-6H3,(H,26,31). The van der Waals surface area contributed by atoms with Crippen LogP contribution < -0.4 is 5.32 Å². The number of nitrogens with zero attached hydrogens (tertiary/aromatic N) is 2. The van der Waals surface area contributed by atoms with E-state index in [1.807, 2.05) is 43.3 Å². The monoisotopic (exact) mass is 421 g/mol. The minimum atomic E-state index is -1.17. The van der Waals surface area contributed by atoms with E-state index >= 15 is 0 Å². The molecule has 1 aliphatic rings. The molecule has 0 bridgehead atoms. The van der Waals surface area contributed by atoms with Crippen LogP contribution in [0.2, 0.25) is 0 Å². The fraction of sp³-hybridized carbons (Fsp3) is 0.400. The number of likely N-dealkylation sites (N-methyl/N-ethyl adjacent to an activating group) is 1. The predicted molar refractivity (Wildman–Crippen MR) is 120 cm³/mol. The van der Waals surface area contributed by atoms with Crippen molar-refractivity contribution < 1.29 is 14.4 Å². The van der Waals surface area contributed by atoms with Crippen LogP contribution in [0.5, 0.6) is 0 Å². The Morgan fingerprint density at radius 3 is 2.16 bits per heavy atom. The molecule has 0 aromatic heterocycles. The molecule has 1 fully saturated rings. The molecule has 3 rings (SSSR count). The first-order valence-electron chi connectivity index (χ1n) is 10.5. The zero-order valence-electron chi connectivity index (χ0n) is 19.2. The molecule has 0 saturated carbocycles. The molecule has 164 valence electrons. The van der Waals surface area contributed by atoms with Crippen LogP contribution in [-0.2, 0) is 27.1 Å². The summed E-state index contributed by atoms with van der Waals surface area (Å²) in [5.41, 5.74) is 2.86. The third-order valence-electron chi connectivity index (χ3n) is 5.86. The molecule has 0 radical (unpaired) electrons. The summed E-state index contributed by atoms with van der Waals surface area (Å²) in [6.07, 6.45) is 0. The molecule has 6 heteroatoms. The van der Waals surface area contributed by atoms with Crippen molar-refractivity contribution in [2.75, 3.05) is 13.6 Å². The fourth-order valence-electron chi connectivity index (χ4n) is 3.65. The fourth-order valence-corrected chi connectivity index (χ4v) is 3.65. The highest BCUT2D eigenvalue weighted by Gasteiger charge is 2.49. The highest BCUT2D eigenvalue weighted by molar-refractivity contribution is 6.09. The Balaban J connectivity index is 1.67. The molecule has 1 heterocycles. The number of aryl methyl sites for hydroxylation is 1. The van der Waals surface area contributed by atoms with Crippen molar-refractivity contribution in [3.05, 3.63) is 70.8 Å². The van der Waals surface area contributed by atoms with Gasteiger partial charge in [0.1, 0.15) is 12.1 Å². The Labute approximate surface area is 184 Å². The number of rotatable bonds is 5. The smallest absolute Gasteiger partial charge is 0.325 e. The van der Waals surface area contributed by atoms with Gasteiger partial charge in [0, 0.05) is 13.6 Å². The number of nitrogens with one attached hydrogen (secondary N) is 1. The van der Waals surface area contributed by atoms with Crippen molar-refractivity contribution in [1.29, 1.82) is 0 Å². The van der Waals surface area contributed by atoms with Crippen molar-refractivity contribution in [1.82, 2.24) is 15.1 Å². The lowest BCUT2D eigenvalue weighted by Crippen LogP contribution is -2.43. The molecule has 1 unspecified atom stereocenters. The Hall–Kier alpha value is -3.15. The third kappa shape index (κ3) is 4.63. The quantitative estimate of drug-likeness (QED) is 0.748. The second-order valence-electron chi connectivity index (χ2n) is 9.51. The topological polar surface area (TPSA) is 69.7 Å². The Morgan fingerprint density at radius 1 is 1.03 bits per heavy atom. The molecule has 1 atom stereocenters. The molecule has 31 heavy (non-hydrogen) atoms. The Morgan fingerprint density at radius 2 is 1.61 bits per heavy atom. The van der Waals surface area contributed by atoms with Gasteiger partial charge in [-0.1, -0.05) is 74.9 Å². The van der Waals surface area contributed by atoms with Gasteiger partial charge >= 0.3 is 6.03 Å². The highest BCUT2D eigenvalue weighted by atomic mass is 16.2. The van der Waals surface area contributed by atoms with E-state index in [4.69, 9.17) is 0 Å². The minimum absolute atomic E-state index is 0.0633. The van der Waals surface area contributed by atoms with Crippen molar-refractivity contribution >= 4 is 17.8 Å². The summed E-state index contributed by atoms with van der Waals surface area (Å²) in [5, 5.41) is 2.75. The second-order valence-corrected chi connectivity index (χ2v) is 9.51. The first-order chi connectivity index (χ1) is 14.4. The maximum absolute atomic E-state index is 13.0. The van der Waals surface area contributed by atoms with E-state index in [-0.39, 0.29) is 17.9 Å². The van der Waals surface area contributed by atoms with Crippen molar-refractivity contribution in [2.45, 2.75) is 52.1 Å². The van der Waals surface area contributed by atoms with Gasteiger partial charge in [0.25, 0.3) is 5.91 Å². The van der Waals surface area contributed by atoms with E-state index in [1.165, 1.54) is 10.5 Å². The van der Waals surface area contributed by atoms with E-state index in [0.29, 0.717) is 12.1 Å². The molecule has 1 N–H and O–H groups in total. The zero-order chi connectivity index (χ0) is 23.0. The highest BCUT2D eigenvalue weighted by Crippen LogP contribution is 2.29. The number of carbonyl (C=O) groups excluding carboxylic acids is 3. The predicted octanol–water partition coefficient (Wildman–Crippen LogP) is 3.72. The molecule has 1 aliphatic heterocycles. The maximum atomic E-state index is 13.0. The molecule has 0 aliphatic carbocycles. The van der Waals surface area contributed by atoms with E-state index < -0.39 is 17.5 Å². The number of hydrogen-bond donors (Lipinski definition) is 1. The summed E-state index contributed by atoms with van der Waals surface area (Å²) >= 11 is 0. The number of benzene rings is 2. The van der Waals surface area contributed by atoms with Gasteiger partial charge in [0.15, 0.2) is 0 Å². The number of hydrogen-bond acceptors (Lipinski definition) is 3. The van der Waals surface area contributed by atoms with Gasteiger partial charge in [-0.3, -0.25) is 14.5 Å². The first kappa shape index (κ1) is 22.5. The van der Waals surface area contributed by atoms with Crippen LogP contribution in [0.25, 0.3) is 0 Å². The van der Waals surface area contributed by atoms with E-state index in [9.17, 15) is 14.4 Å². The summed E-state index contributed by atoms with van der Waals surface area (Å²) in [5.74, 6) is -0.714. The minimum Gasteiger partial charge on any atom is -0.340 e. The van der Waals surface area contributed by atoms with Gasteiger partial charge in [-0.25, -0.2) is 4.79 Å². The molecule has 1 saturated heterocycles. The maximum Gasteiger partial charge on any atom is 0.325 e. The van der Waals surface area contributed by atoms with Gasteiger partial charge in [0.05, 0.1) is 0 Å². The van der Waals surface area contributed by atoms with Gasteiger partial charge in [-0.2, -0.15) is 0 Å². The molecular weight excluding hydrogens is 390 g/mol. The summed E-state index contributed by atoms with van der Waals surface area (Å²) < 4.78 is 0. The number of urea groups is 1. The lowest BCUT2D eigenvalue weighted by atomic mass is 9.87. The van der Waals surface area contributed by atoms with E-state index in [2.05, 4.69) is 38.2 Å². The number of imide groups is 1. The van der Waals surface area contributed by atoms with Gasteiger partial charge in [-0.15, -0.1) is 0 Å². The summed E-state index contributed by atoms with van der Waals surface area (Å²) in [7, 11) is 1.68. The summed E-state index contributed by atoms with van der Waals surface area (Å²) in [4.78, 5) is 40.9. The van der Waals surface area contributed by atoms with Gasteiger partial charge in [0.2, 0.25) is 5.91 Å². The lowest BCUT2D eigenvalue weighted by Gasteiger charge is -2.24. The second kappa shape index (κ2) is 8.17. The van der Waals surface area contributed by atoms with E-state index in [1.54, 1.807) is 14.0 Å². The van der Waals surface area contributed by atoms with Crippen LogP contribution in [0.1, 0.15) is 49.9 Å². The third-order valence-corrected chi connectivity index (χ3v) is 5.86. The summed E-state index contributed by atoms with van der Waals surface area (Å²) in [6, 6.07) is 15.0. The van der Waals surface area contributed by atoms with Crippen molar-refractivity contribution in [2.24, 2.45) is 0 Å². The molecule has 6 nitrogen and oxygen atoms in total. The van der Waals surface area contributed by atoms with Crippen molar-refractivity contribution in [3.8, 4) is 0 Å². The van der Waals surface area contributed by atoms with E-state index in [0.717, 1.165) is 16.0 Å².